The van der Waals surface area contributed by atoms with E-state index in [0.29, 0.717) is 34.6 Å². The monoisotopic (exact) mass is 424 g/mol. The third-order valence-corrected chi connectivity index (χ3v) is 5.33. The van der Waals surface area contributed by atoms with E-state index in [1.54, 1.807) is 56.5 Å². The fourth-order valence-electron chi connectivity index (χ4n) is 2.99. The molecule has 0 saturated heterocycles. The van der Waals surface area contributed by atoms with E-state index in [2.05, 4.69) is 20.3 Å². The van der Waals surface area contributed by atoms with E-state index in [0.717, 1.165) is 22.9 Å². The lowest BCUT2D eigenvalue weighted by atomic mass is 10.1. The first-order valence-electron chi connectivity index (χ1n) is 9.27. The Bertz CT molecular complexity index is 1080. The van der Waals surface area contributed by atoms with Crippen LogP contribution >= 0.6 is 11.8 Å². The summed E-state index contributed by atoms with van der Waals surface area (Å²) in [7, 11) is 3.13. The molecule has 8 nitrogen and oxygen atoms in total. The Morgan fingerprint density at radius 3 is 2.73 bits per heavy atom. The lowest BCUT2D eigenvalue weighted by Crippen LogP contribution is -2.17. The molecule has 3 aromatic rings. The zero-order valence-electron chi connectivity index (χ0n) is 16.5. The molecule has 3 heterocycles. The lowest BCUT2D eigenvalue weighted by Gasteiger charge is -2.10. The van der Waals surface area contributed by atoms with Crippen molar-refractivity contribution in [1.82, 2.24) is 9.97 Å². The Morgan fingerprint density at radius 1 is 1.17 bits per heavy atom. The Hall–Kier alpha value is -3.33. The first kappa shape index (κ1) is 20.0. The Morgan fingerprint density at radius 2 is 2.03 bits per heavy atom. The number of rotatable bonds is 7. The maximum atomic E-state index is 12.7. The second-order valence-electron chi connectivity index (χ2n) is 6.39. The molecule has 0 saturated carbocycles. The predicted molar refractivity (Wildman–Crippen MR) is 115 cm³/mol. The minimum atomic E-state index is -0.210. The number of benzene rings is 1. The van der Waals surface area contributed by atoms with Crippen molar-refractivity contribution in [3.63, 3.8) is 0 Å². The van der Waals surface area contributed by atoms with Gasteiger partial charge in [-0.3, -0.25) is 9.79 Å². The van der Waals surface area contributed by atoms with Crippen LogP contribution in [0.2, 0.25) is 0 Å². The van der Waals surface area contributed by atoms with Gasteiger partial charge in [0, 0.05) is 18.4 Å². The van der Waals surface area contributed by atoms with Crippen molar-refractivity contribution in [3.8, 4) is 23.0 Å². The molecule has 0 spiro atoms. The largest absolute Gasteiger partial charge is 0.493 e. The summed E-state index contributed by atoms with van der Waals surface area (Å²) in [6, 6.07) is 10.7. The number of hydrogen-bond donors (Lipinski definition) is 1. The minimum Gasteiger partial charge on any atom is -0.493 e. The molecule has 0 bridgehead atoms. The normalized spacial score (nSPS) is 13.1. The number of ether oxygens (including phenoxy) is 2. The van der Waals surface area contributed by atoms with Crippen LogP contribution in [0.4, 0.5) is 5.82 Å². The zero-order valence-corrected chi connectivity index (χ0v) is 17.4. The van der Waals surface area contributed by atoms with Crippen LogP contribution in [-0.4, -0.2) is 47.4 Å². The smallest absolute Gasteiger partial charge is 0.229 e. The van der Waals surface area contributed by atoms with Crippen LogP contribution in [0.15, 0.2) is 52.1 Å². The van der Waals surface area contributed by atoms with Crippen molar-refractivity contribution < 1.29 is 18.7 Å². The zero-order chi connectivity index (χ0) is 20.9. The average Bonchev–Trinajstić information content (AvgIpc) is 3.47. The van der Waals surface area contributed by atoms with Gasteiger partial charge in [-0.25, -0.2) is 9.97 Å². The highest BCUT2D eigenvalue weighted by Crippen LogP contribution is 2.28. The van der Waals surface area contributed by atoms with Gasteiger partial charge in [-0.15, -0.1) is 11.8 Å². The van der Waals surface area contributed by atoms with Crippen molar-refractivity contribution in [3.05, 3.63) is 54.0 Å². The van der Waals surface area contributed by atoms with Gasteiger partial charge in [-0.05, 0) is 29.8 Å². The van der Waals surface area contributed by atoms with Crippen LogP contribution in [0.25, 0.3) is 11.5 Å². The fraction of sp³-hybridized carbons (Fsp3) is 0.238. The highest BCUT2D eigenvalue weighted by molar-refractivity contribution is 8.14. The Kier molecular flexibility index (Phi) is 5.99. The molecule has 0 unspecified atom stereocenters. The quantitative estimate of drug-likeness (QED) is 0.620. The number of hydrogen-bond acceptors (Lipinski definition) is 8. The average molecular weight is 424 g/mol. The predicted octanol–water partition coefficient (Wildman–Crippen LogP) is 3.43. The van der Waals surface area contributed by atoms with Gasteiger partial charge in [0.05, 0.1) is 26.9 Å². The van der Waals surface area contributed by atoms with Crippen LogP contribution in [0.1, 0.15) is 11.4 Å². The molecule has 0 fully saturated rings. The van der Waals surface area contributed by atoms with Crippen molar-refractivity contribution >= 4 is 28.5 Å². The van der Waals surface area contributed by atoms with Gasteiger partial charge in [0.1, 0.15) is 16.6 Å². The summed E-state index contributed by atoms with van der Waals surface area (Å²) < 4.78 is 16.0. The van der Waals surface area contributed by atoms with Gasteiger partial charge >= 0.3 is 0 Å². The highest BCUT2D eigenvalue weighted by Gasteiger charge is 2.18. The van der Waals surface area contributed by atoms with Crippen molar-refractivity contribution in [2.45, 2.75) is 6.42 Å². The first-order valence-corrected chi connectivity index (χ1v) is 10.3. The van der Waals surface area contributed by atoms with Crippen molar-refractivity contribution in [2.75, 3.05) is 31.8 Å². The molecule has 1 aliphatic heterocycles. The molecule has 0 atom stereocenters. The maximum Gasteiger partial charge on any atom is 0.229 e. The number of nitrogens with one attached hydrogen (secondary N) is 1. The van der Waals surface area contributed by atoms with Gasteiger partial charge in [-0.1, -0.05) is 6.07 Å². The molecule has 1 aromatic carbocycles. The summed E-state index contributed by atoms with van der Waals surface area (Å²) in [6.45, 7) is 0.731. The van der Waals surface area contributed by atoms with Gasteiger partial charge in [0.2, 0.25) is 5.91 Å². The number of thioether (sulfide) groups is 1. The van der Waals surface area contributed by atoms with E-state index >= 15 is 0 Å². The van der Waals surface area contributed by atoms with E-state index in [-0.39, 0.29) is 12.3 Å². The number of carbonyl (C=O) groups is 1. The molecule has 1 N–H and O–H groups in total. The van der Waals surface area contributed by atoms with E-state index in [1.807, 2.05) is 12.1 Å². The summed E-state index contributed by atoms with van der Waals surface area (Å²) >= 11 is 1.60. The molecule has 4 rings (SSSR count). The number of aromatic nitrogens is 2. The fourth-order valence-corrected chi connectivity index (χ4v) is 3.77. The number of furan rings is 1. The number of aliphatic imine (C=N–C) groups is 1. The molecule has 30 heavy (non-hydrogen) atoms. The maximum absolute atomic E-state index is 12.7. The van der Waals surface area contributed by atoms with Crippen LogP contribution < -0.4 is 14.8 Å². The SMILES string of the molecule is COc1ccc(CC(=O)Nc2cc(-c3ccco3)nc(C3=NCCS3)n2)cc1OC. The second-order valence-corrected chi connectivity index (χ2v) is 7.47. The van der Waals surface area contributed by atoms with E-state index in [9.17, 15) is 4.79 Å². The molecular weight excluding hydrogens is 404 g/mol. The number of amides is 1. The summed E-state index contributed by atoms with van der Waals surface area (Å²) in [5.41, 5.74) is 1.38. The van der Waals surface area contributed by atoms with Crippen molar-refractivity contribution in [2.24, 2.45) is 4.99 Å². The van der Waals surface area contributed by atoms with E-state index in [1.165, 1.54) is 0 Å². The second kappa shape index (κ2) is 9.00. The standard InChI is InChI=1S/C21H20N4O4S/c1-27-16-6-5-13(10-17(16)28-2)11-19(26)24-18-12-14(15-4-3-8-29-15)23-20(25-18)21-22-7-9-30-21/h3-6,8,10,12H,7,9,11H2,1-2H3,(H,23,24,25,26). The topological polar surface area (TPSA) is 98.8 Å². The number of methoxy groups -OCH3 is 2. The molecule has 9 heteroatoms. The number of nitrogens with zero attached hydrogens (tertiary/aromatic N) is 3. The van der Waals surface area contributed by atoms with Crippen LogP contribution in [0, 0.1) is 0 Å². The van der Waals surface area contributed by atoms with Crippen LogP contribution in [0.3, 0.4) is 0 Å². The summed E-state index contributed by atoms with van der Waals surface area (Å²) in [5.74, 6) is 3.34. The van der Waals surface area contributed by atoms with Crippen molar-refractivity contribution in [1.29, 1.82) is 0 Å². The molecule has 154 valence electrons. The third-order valence-electron chi connectivity index (χ3n) is 4.36. The number of carbonyl (C=O) groups excluding carboxylic acids is 1. The van der Waals surface area contributed by atoms with E-state index in [4.69, 9.17) is 13.9 Å². The van der Waals surface area contributed by atoms with Gasteiger partial charge in [0.15, 0.2) is 23.1 Å². The highest BCUT2D eigenvalue weighted by atomic mass is 32.2. The summed E-state index contributed by atoms with van der Waals surface area (Å²) in [4.78, 5) is 26.1. The molecule has 1 amide bonds. The van der Waals surface area contributed by atoms with E-state index < -0.39 is 0 Å². The van der Waals surface area contributed by atoms with Crippen LogP contribution in [0.5, 0.6) is 11.5 Å². The first-order chi connectivity index (χ1) is 14.7. The third kappa shape index (κ3) is 4.46. The Labute approximate surface area is 177 Å². The minimum absolute atomic E-state index is 0.158. The molecule has 1 aliphatic rings. The molecule has 2 aromatic heterocycles. The van der Waals surface area contributed by atoms with Gasteiger partial charge in [-0.2, -0.15) is 0 Å². The lowest BCUT2D eigenvalue weighted by molar-refractivity contribution is -0.115. The summed E-state index contributed by atoms with van der Waals surface area (Å²) in [6.07, 6.45) is 1.74. The Balaban J connectivity index is 1.56. The van der Waals surface area contributed by atoms with Crippen LogP contribution in [-0.2, 0) is 11.2 Å². The van der Waals surface area contributed by atoms with Gasteiger partial charge in [0.25, 0.3) is 0 Å². The molecule has 0 aliphatic carbocycles. The molecular formula is C21H20N4O4S. The van der Waals surface area contributed by atoms with Gasteiger partial charge < -0.3 is 19.2 Å². The molecule has 0 radical (unpaired) electrons. The summed E-state index contributed by atoms with van der Waals surface area (Å²) in [5, 5.41) is 3.62. The number of anilines is 1.